The fraction of sp³-hybridized carbons (Fsp3) is 0.400. The number of nitrogens with two attached hydrogens (primary N) is 1. The summed E-state index contributed by atoms with van der Waals surface area (Å²) < 4.78 is 5.01. The molecule has 0 aliphatic heterocycles. The van der Waals surface area contributed by atoms with Crippen molar-refractivity contribution >= 4 is 0 Å². The molecule has 0 heterocycles. The molecule has 1 aromatic carbocycles. The van der Waals surface area contributed by atoms with Crippen LogP contribution in [0.15, 0.2) is 12.1 Å². The highest BCUT2D eigenvalue weighted by molar-refractivity contribution is 5.48. The van der Waals surface area contributed by atoms with Crippen molar-refractivity contribution in [2.45, 2.75) is 19.9 Å². The van der Waals surface area contributed by atoms with Crippen LogP contribution in [0.2, 0.25) is 0 Å². The van der Waals surface area contributed by atoms with Crippen LogP contribution in [-0.4, -0.2) is 12.2 Å². The maximum absolute atomic E-state index is 9.54. The normalized spacial score (nSPS) is 12.6. The molecule has 0 aliphatic carbocycles. The largest absolute Gasteiger partial charge is 0.504 e. The first kappa shape index (κ1) is 9.86. The summed E-state index contributed by atoms with van der Waals surface area (Å²) in [4.78, 5) is 0. The Labute approximate surface area is 78.1 Å². The van der Waals surface area contributed by atoms with Gasteiger partial charge in [0.2, 0.25) is 0 Å². The van der Waals surface area contributed by atoms with E-state index in [9.17, 15) is 5.11 Å². The third-order valence-electron chi connectivity index (χ3n) is 2.03. The second kappa shape index (κ2) is 3.66. The SMILES string of the molecule is COc1cc(C(C)N)cc(C)c1O. The molecule has 0 aromatic heterocycles. The lowest BCUT2D eigenvalue weighted by atomic mass is 10.0. The smallest absolute Gasteiger partial charge is 0.161 e. The van der Waals surface area contributed by atoms with Gasteiger partial charge in [-0.3, -0.25) is 0 Å². The average molecular weight is 181 g/mol. The Bertz CT molecular complexity index is 308. The molecule has 0 saturated carbocycles. The summed E-state index contributed by atoms with van der Waals surface area (Å²) >= 11 is 0. The van der Waals surface area contributed by atoms with Crippen LogP contribution in [0.5, 0.6) is 11.5 Å². The molecule has 3 N–H and O–H groups in total. The van der Waals surface area contributed by atoms with Gasteiger partial charge in [0.15, 0.2) is 11.5 Å². The van der Waals surface area contributed by atoms with Crippen LogP contribution >= 0.6 is 0 Å². The number of hydrogen-bond acceptors (Lipinski definition) is 3. The van der Waals surface area contributed by atoms with Crippen molar-refractivity contribution in [3.05, 3.63) is 23.3 Å². The summed E-state index contributed by atoms with van der Waals surface area (Å²) in [6.07, 6.45) is 0. The van der Waals surface area contributed by atoms with Gasteiger partial charge in [-0.25, -0.2) is 0 Å². The molecule has 13 heavy (non-hydrogen) atoms. The molecule has 0 aliphatic rings. The third kappa shape index (κ3) is 1.92. The summed E-state index contributed by atoms with van der Waals surface area (Å²) in [5.74, 6) is 0.666. The number of aromatic hydroxyl groups is 1. The molecule has 1 atom stereocenters. The minimum absolute atomic E-state index is 0.0480. The maximum Gasteiger partial charge on any atom is 0.161 e. The molecule has 0 bridgehead atoms. The molecular weight excluding hydrogens is 166 g/mol. The predicted molar refractivity (Wildman–Crippen MR) is 52.0 cm³/mol. The second-order valence-electron chi connectivity index (χ2n) is 3.18. The van der Waals surface area contributed by atoms with E-state index in [0.29, 0.717) is 5.75 Å². The monoisotopic (exact) mass is 181 g/mol. The van der Waals surface area contributed by atoms with Crippen molar-refractivity contribution in [1.29, 1.82) is 0 Å². The quantitative estimate of drug-likeness (QED) is 0.730. The summed E-state index contributed by atoms with van der Waals surface area (Å²) in [5, 5.41) is 9.54. The molecule has 0 saturated heterocycles. The molecule has 1 rings (SSSR count). The number of aryl methyl sites for hydroxylation is 1. The zero-order valence-corrected chi connectivity index (χ0v) is 8.16. The molecule has 0 spiro atoms. The number of rotatable bonds is 2. The van der Waals surface area contributed by atoms with Crippen molar-refractivity contribution in [3.8, 4) is 11.5 Å². The highest BCUT2D eigenvalue weighted by atomic mass is 16.5. The van der Waals surface area contributed by atoms with Gasteiger partial charge in [-0.15, -0.1) is 0 Å². The third-order valence-corrected chi connectivity index (χ3v) is 2.03. The number of phenols is 1. The van der Waals surface area contributed by atoms with Crippen LogP contribution in [0.25, 0.3) is 0 Å². The van der Waals surface area contributed by atoms with Gasteiger partial charge < -0.3 is 15.6 Å². The summed E-state index contributed by atoms with van der Waals surface area (Å²) in [6, 6.07) is 3.57. The van der Waals surface area contributed by atoms with E-state index in [4.69, 9.17) is 10.5 Å². The lowest BCUT2D eigenvalue weighted by Crippen LogP contribution is -2.05. The molecule has 3 nitrogen and oxygen atoms in total. The molecule has 1 aromatic rings. The van der Waals surface area contributed by atoms with Gasteiger partial charge in [-0.2, -0.15) is 0 Å². The molecule has 0 radical (unpaired) electrons. The fourth-order valence-corrected chi connectivity index (χ4v) is 1.19. The van der Waals surface area contributed by atoms with Crippen LogP contribution < -0.4 is 10.5 Å². The fourth-order valence-electron chi connectivity index (χ4n) is 1.19. The summed E-state index contributed by atoms with van der Waals surface area (Å²) in [7, 11) is 1.53. The zero-order valence-electron chi connectivity index (χ0n) is 8.16. The van der Waals surface area contributed by atoms with Crippen molar-refractivity contribution in [3.63, 3.8) is 0 Å². The van der Waals surface area contributed by atoms with E-state index in [1.165, 1.54) is 7.11 Å². The van der Waals surface area contributed by atoms with Crippen LogP contribution in [-0.2, 0) is 0 Å². The first-order valence-corrected chi connectivity index (χ1v) is 4.19. The molecule has 72 valence electrons. The van der Waals surface area contributed by atoms with Gasteiger partial charge in [-0.1, -0.05) is 6.07 Å². The highest BCUT2D eigenvalue weighted by Gasteiger charge is 2.09. The lowest BCUT2D eigenvalue weighted by molar-refractivity contribution is 0.371. The van der Waals surface area contributed by atoms with Crippen LogP contribution in [0.4, 0.5) is 0 Å². The van der Waals surface area contributed by atoms with E-state index in [2.05, 4.69) is 0 Å². The van der Waals surface area contributed by atoms with E-state index < -0.39 is 0 Å². The zero-order chi connectivity index (χ0) is 10.0. The van der Waals surface area contributed by atoms with Crippen LogP contribution in [0.3, 0.4) is 0 Å². The van der Waals surface area contributed by atoms with E-state index in [0.717, 1.165) is 11.1 Å². The number of benzene rings is 1. The molecule has 0 amide bonds. The van der Waals surface area contributed by atoms with Gasteiger partial charge in [0.1, 0.15) is 0 Å². The van der Waals surface area contributed by atoms with E-state index >= 15 is 0 Å². The Hall–Kier alpha value is -1.22. The van der Waals surface area contributed by atoms with Crippen molar-refractivity contribution in [2.24, 2.45) is 5.73 Å². The Morgan fingerprint density at radius 3 is 2.54 bits per heavy atom. The van der Waals surface area contributed by atoms with Crippen molar-refractivity contribution < 1.29 is 9.84 Å². The van der Waals surface area contributed by atoms with E-state index in [-0.39, 0.29) is 11.8 Å². The number of phenolic OH excluding ortho intramolecular Hbond substituents is 1. The van der Waals surface area contributed by atoms with Crippen LogP contribution in [0, 0.1) is 6.92 Å². The van der Waals surface area contributed by atoms with Gasteiger partial charge in [0.25, 0.3) is 0 Å². The molecule has 3 heteroatoms. The number of hydrogen-bond donors (Lipinski definition) is 2. The first-order valence-electron chi connectivity index (χ1n) is 4.19. The molecular formula is C10H15NO2. The molecule has 1 unspecified atom stereocenters. The number of ether oxygens (including phenoxy) is 1. The first-order chi connectivity index (χ1) is 6.06. The predicted octanol–water partition coefficient (Wildman–Crippen LogP) is 1.73. The summed E-state index contributed by atoms with van der Waals surface area (Å²) in [6.45, 7) is 3.72. The topological polar surface area (TPSA) is 55.5 Å². The van der Waals surface area contributed by atoms with Gasteiger partial charge in [-0.05, 0) is 31.0 Å². The Morgan fingerprint density at radius 1 is 1.46 bits per heavy atom. The minimum Gasteiger partial charge on any atom is -0.504 e. The minimum atomic E-state index is -0.0480. The number of methoxy groups -OCH3 is 1. The average Bonchev–Trinajstić information content (AvgIpc) is 2.09. The van der Waals surface area contributed by atoms with Gasteiger partial charge in [0.05, 0.1) is 7.11 Å². The van der Waals surface area contributed by atoms with Crippen LogP contribution in [0.1, 0.15) is 24.1 Å². The summed E-state index contributed by atoms with van der Waals surface area (Å²) in [5.41, 5.74) is 7.47. The van der Waals surface area contributed by atoms with E-state index in [1.807, 2.05) is 19.9 Å². The standard InChI is InChI=1S/C10H15NO2/c1-6-4-8(7(2)11)5-9(13-3)10(6)12/h4-5,7,12H,11H2,1-3H3. The van der Waals surface area contributed by atoms with E-state index in [1.54, 1.807) is 6.07 Å². The second-order valence-corrected chi connectivity index (χ2v) is 3.18. The Kier molecular flexibility index (Phi) is 2.78. The highest BCUT2D eigenvalue weighted by Crippen LogP contribution is 2.32. The van der Waals surface area contributed by atoms with Crippen molar-refractivity contribution in [2.75, 3.05) is 7.11 Å². The maximum atomic E-state index is 9.54. The lowest BCUT2D eigenvalue weighted by Gasteiger charge is -2.11. The van der Waals surface area contributed by atoms with Gasteiger partial charge >= 0.3 is 0 Å². The van der Waals surface area contributed by atoms with Crippen molar-refractivity contribution in [1.82, 2.24) is 0 Å². The molecule has 0 fully saturated rings. The Balaban J connectivity index is 3.22. The van der Waals surface area contributed by atoms with Gasteiger partial charge in [0, 0.05) is 6.04 Å². The Morgan fingerprint density at radius 2 is 2.08 bits per heavy atom.